The van der Waals surface area contributed by atoms with Crippen molar-refractivity contribution in [1.82, 2.24) is 10.0 Å². The Kier molecular flexibility index (Phi) is 4.96. The van der Waals surface area contributed by atoms with E-state index in [0.717, 1.165) is 6.07 Å². The second-order valence-electron chi connectivity index (χ2n) is 4.82. The zero-order valence-electron chi connectivity index (χ0n) is 10.9. The number of hydrogen-bond donors (Lipinski definition) is 2. The van der Waals surface area contributed by atoms with E-state index in [-0.39, 0.29) is 15.4 Å². The lowest BCUT2D eigenvalue weighted by Gasteiger charge is -2.23. The van der Waals surface area contributed by atoms with Crippen LogP contribution in [0.25, 0.3) is 0 Å². The van der Waals surface area contributed by atoms with Gasteiger partial charge in [0.05, 0.1) is 10.5 Å². The normalized spacial score (nSPS) is 17.9. The quantitative estimate of drug-likeness (QED) is 0.838. The van der Waals surface area contributed by atoms with Gasteiger partial charge in [0, 0.05) is 10.5 Å². The highest BCUT2D eigenvalue weighted by atomic mass is 79.9. The first-order valence-electron chi connectivity index (χ1n) is 6.29. The van der Waals surface area contributed by atoms with Crippen molar-refractivity contribution in [3.63, 3.8) is 0 Å². The summed E-state index contributed by atoms with van der Waals surface area (Å²) in [7, 11) is -3.97. The number of alkyl halides is 3. The van der Waals surface area contributed by atoms with Crippen LogP contribution in [0.1, 0.15) is 18.4 Å². The summed E-state index contributed by atoms with van der Waals surface area (Å²) < 4.78 is 65.2. The molecule has 1 aromatic carbocycles. The monoisotopic (exact) mass is 386 g/mol. The molecule has 2 rings (SSSR count). The van der Waals surface area contributed by atoms with E-state index in [9.17, 15) is 21.6 Å². The molecule has 1 aliphatic rings. The molecule has 1 heterocycles. The van der Waals surface area contributed by atoms with Crippen molar-refractivity contribution in [2.45, 2.75) is 30.0 Å². The summed E-state index contributed by atoms with van der Waals surface area (Å²) in [6.45, 7) is 1.36. The summed E-state index contributed by atoms with van der Waals surface area (Å²) in [6.07, 6.45) is -3.37. The molecular formula is C12H14BrF3N2O2S. The van der Waals surface area contributed by atoms with Gasteiger partial charge in [-0.05, 0) is 44.1 Å². The molecule has 118 valence electrons. The third-order valence-electron chi connectivity index (χ3n) is 3.17. The second kappa shape index (κ2) is 6.23. The van der Waals surface area contributed by atoms with Crippen LogP contribution in [-0.2, 0) is 16.2 Å². The zero-order chi connectivity index (χ0) is 15.7. The van der Waals surface area contributed by atoms with Crippen molar-refractivity contribution in [2.75, 3.05) is 13.1 Å². The smallest absolute Gasteiger partial charge is 0.317 e. The van der Waals surface area contributed by atoms with Gasteiger partial charge in [0.2, 0.25) is 10.0 Å². The van der Waals surface area contributed by atoms with Crippen molar-refractivity contribution in [3.8, 4) is 0 Å². The fraction of sp³-hybridized carbons (Fsp3) is 0.500. The number of halogens is 4. The Bertz CT molecular complexity index is 613. The summed E-state index contributed by atoms with van der Waals surface area (Å²) in [5.74, 6) is 0. The number of benzene rings is 1. The molecule has 1 saturated heterocycles. The van der Waals surface area contributed by atoms with Gasteiger partial charge < -0.3 is 5.32 Å². The maximum atomic E-state index is 12.8. The molecule has 2 N–H and O–H groups in total. The Morgan fingerprint density at radius 3 is 2.38 bits per heavy atom. The standard InChI is InChI=1S/C12H14BrF3N2O2S/c13-9-5-8(12(14,15)16)6-11(7-9)21(19,20)18-10-1-3-17-4-2-10/h5-7,10,17-18H,1-4H2. The molecule has 0 saturated carbocycles. The molecule has 0 unspecified atom stereocenters. The van der Waals surface area contributed by atoms with Crippen LogP contribution in [0.4, 0.5) is 13.2 Å². The molecule has 0 spiro atoms. The maximum absolute atomic E-state index is 12.8. The lowest BCUT2D eigenvalue weighted by Crippen LogP contribution is -2.42. The van der Waals surface area contributed by atoms with Crippen LogP contribution in [0.5, 0.6) is 0 Å². The molecule has 1 fully saturated rings. The first-order chi connectivity index (χ1) is 9.68. The summed E-state index contributed by atoms with van der Waals surface area (Å²) in [4.78, 5) is -0.386. The second-order valence-corrected chi connectivity index (χ2v) is 7.45. The molecule has 0 atom stereocenters. The van der Waals surface area contributed by atoms with E-state index in [4.69, 9.17) is 0 Å². The maximum Gasteiger partial charge on any atom is 0.416 e. The van der Waals surface area contributed by atoms with Gasteiger partial charge in [0.1, 0.15) is 0 Å². The van der Waals surface area contributed by atoms with Crippen molar-refractivity contribution >= 4 is 26.0 Å². The van der Waals surface area contributed by atoms with E-state index in [1.54, 1.807) is 0 Å². The highest BCUT2D eigenvalue weighted by Gasteiger charge is 2.33. The first kappa shape index (κ1) is 16.7. The van der Waals surface area contributed by atoms with E-state index in [2.05, 4.69) is 26.0 Å². The van der Waals surface area contributed by atoms with E-state index in [1.807, 2.05) is 0 Å². The van der Waals surface area contributed by atoms with Gasteiger partial charge >= 0.3 is 6.18 Å². The molecule has 4 nitrogen and oxygen atoms in total. The van der Waals surface area contributed by atoms with E-state index < -0.39 is 21.8 Å². The molecule has 1 aliphatic heterocycles. The van der Waals surface area contributed by atoms with Crippen LogP contribution >= 0.6 is 15.9 Å². The first-order valence-corrected chi connectivity index (χ1v) is 8.57. The van der Waals surface area contributed by atoms with Gasteiger partial charge in [-0.15, -0.1) is 0 Å². The van der Waals surface area contributed by atoms with Gasteiger partial charge in [-0.25, -0.2) is 13.1 Å². The molecule has 21 heavy (non-hydrogen) atoms. The SMILES string of the molecule is O=S(=O)(NC1CCNCC1)c1cc(Br)cc(C(F)(F)F)c1. The number of hydrogen-bond acceptors (Lipinski definition) is 3. The predicted molar refractivity (Wildman–Crippen MR) is 75.4 cm³/mol. The van der Waals surface area contributed by atoms with Gasteiger partial charge in [-0.3, -0.25) is 0 Å². The minimum absolute atomic E-state index is 0.0722. The number of rotatable bonds is 3. The third-order valence-corrected chi connectivity index (χ3v) is 5.13. The molecule has 0 amide bonds. The van der Waals surface area contributed by atoms with Gasteiger partial charge in [-0.1, -0.05) is 15.9 Å². The molecule has 0 radical (unpaired) electrons. The molecular weight excluding hydrogens is 373 g/mol. The minimum atomic E-state index is -4.59. The summed E-state index contributed by atoms with van der Waals surface area (Å²) >= 11 is 2.92. The van der Waals surface area contributed by atoms with Crippen molar-refractivity contribution in [1.29, 1.82) is 0 Å². The van der Waals surface area contributed by atoms with Crippen LogP contribution in [0.15, 0.2) is 27.6 Å². The van der Waals surface area contributed by atoms with Crippen molar-refractivity contribution < 1.29 is 21.6 Å². The van der Waals surface area contributed by atoms with E-state index in [1.165, 1.54) is 6.07 Å². The lowest BCUT2D eigenvalue weighted by atomic mass is 10.1. The Hall–Kier alpha value is -0.640. The highest BCUT2D eigenvalue weighted by molar-refractivity contribution is 9.10. The van der Waals surface area contributed by atoms with Crippen LogP contribution in [0.3, 0.4) is 0 Å². The van der Waals surface area contributed by atoms with Crippen molar-refractivity contribution in [2.24, 2.45) is 0 Å². The Morgan fingerprint density at radius 2 is 1.81 bits per heavy atom. The Morgan fingerprint density at radius 1 is 1.19 bits per heavy atom. The predicted octanol–water partition coefficient (Wildman–Crippen LogP) is 2.50. The minimum Gasteiger partial charge on any atom is -0.317 e. The van der Waals surface area contributed by atoms with Crippen LogP contribution in [0, 0.1) is 0 Å². The Labute approximate surface area is 129 Å². The van der Waals surface area contributed by atoms with E-state index in [0.29, 0.717) is 32.0 Å². The summed E-state index contributed by atoms with van der Waals surface area (Å²) in [6, 6.07) is 2.40. The molecule has 1 aromatic rings. The lowest BCUT2D eigenvalue weighted by molar-refractivity contribution is -0.137. The summed E-state index contributed by atoms with van der Waals surface area (Å²) in [5, 5.41) is 3.09. The van der Waals surface area contributed by atoms with Gasteiger partial charge in [-0.2, -0.15) is 13.2 Å². The molecule has 0 bridgehead atoms. The molecule has 0 aromatic heterocycles. The highest BCUT2D eigenvalue weighted by Crippen LogP contribution is 2.33. The fourth-order valence-corrected chi connectivity index (χ4v) is 4.13. The fourth-order valence-electron chi connectivity index (χ4n) is 2.11. The third kappa shape index (κ3) is 4.41. The van der Waals surface area contributed by atoms with E-state index >= 15 is 0 Å². The van der Waals surface area contributed by atoms with Gasteiger partial charge in [0.15, 0.2) is 0 Å². The molecule has 0 aliphatic carbocycles. The average molecular weight is 387 g/mol. The van der Waals surface area contributed by atoms with Gasteiger partial charge in [0.25, 0.3) is 0 Å². The van der Waals surface area contributed by atoms with Crippen LogP contribution < -0.4 is 10.0 Å². The average Bonchev–Trinajstić information content (AvgIpc) is 2.37. The topological polar surface area (TPSA) is 58.2 Å². The largest absolute Gasteiger partial charge is 0.416 e. The van der Waals surface area contributed by atoms with Crippen LogP contribution in [0.2, 0.25) is 0 Å². The number of nitrogens with one attached hydrogen (secondary N) is 2. The molecule has 9 heteroatoms. The van der Waals surface area contributed by atoms with Crippen LogP contribution in [-0.4, -0.2) is 27.5 Å². The zero-order valence-corrected chi connectivity index (χ0v) is 13.3. The van der Waals surface area contributed by atoms with Crippen molar-refractivity contribution in [3.05, 3.63) is 28.2 Å². The number of piperidine rings is 1. The number of sulfonamides is 1. The summed E-state index contributed by atoms with van der Waals surface area (Å²) in [5.41, 5.74) is -0.998. The Balaban J connectivity index is 2.29.